The number of hydrogen-bond acceptors (Lipinski definition) is 3. The Bertz CT molecular complexity index is 440. The zero-order chi connectivity index (χ0) is 14.3. The van der Waals surface area contributed by atoms with Crippen LogP contribution >= 0.6 is 34.2 Å². The van der Waals surface area contributed by atoms with Crippen LogP contribution in [-0.2, 0) is 0 Å². The predicted molar refractivity (Wildman–Crippen MR) is 84.0 cm³/mol. The Kier molecular flexibility index (Phi) is 7.48. The standard InChI is InChI=1S/C13H17ClINO3/c1-19-12-8-11(15)10(14)7-9(12)13(18)16-5-3-2-4-6-17/h7-8,17H,2-6H2,1H3,(H,16,18). The Labute approximate surface area is 131 Å². The molecule has 0 heterocycles. The molecule has 1 aromatic rings. The Balaban J connectivity index is 2.63. The molecule has 0 aliphatic carbocycles. The molecule has 0 bridgehead atoms. The molecule has 0 aromatic heterocycles. The van der Waals surface area contributed by atoms with E-state index in [2.05, 4.69) is 27.9 Å². The molecule has 1 aromatic carbocycles. The van der Waals surface area contributed by atoms with Gasteiger partial charge >= 0.3 is 0 Å². The second-order valence-corrected chi connectivity index (χ2v) is 5.58. The average molecular weight is 398 g/mol. The number of halogens is 2. The molecule has 0 aliphatic rings. The molecular weight excluding hydrogens is 381 g/mol. The summed E-state index contributed by atoms with van der Waals surface area (Å²) in [5.41, 5.74) is 0.440. The number of aliphatic hydroxyl groups excluding tert-OH is 1. The largest absolute Gasteiger partial charge is 0.496 e. The molecule has 106 valence electrons. The molecule has 0 radical (unpaired) electrons. The van der Waals surface area contributed by atoms with E-state index < -0.39 is 0 Å². The van der Waals surface area contributed by atoms with Crippen molar-refractivity contribution in [2.45, 2.75) is 19.3 Å². The first-order valence-corrected chi connectivity index (χ1v) is 7.48. The van der Waals surface area contributed by atoms with Gasteiger partial charge in [0, 0.05) is 16.7 Å². The van der Waals surface area contributed by atoms with Gasteiger partial charge < -0.3 is 15.2 Å². The van der Waals surface area contributed by atoms with Crippen molar-refractivity contribution in [1.82, 2.24) is 5.32 Å². The lowest BCUT2D eigenvalue weighted by Crippen LogP contribution is -2.25. The van der Waals surface area contributed by atoms with Gasteiger partial charge in [-0.3, -0.25) is 4.79 Å². The normalized spacial score (nSPS) is 10.3. The zero-order valence-electron chi connectivity index (χ0n) is 10.7. The van der Waals surface area contributed by atoms with Gasteiger partial charge in [-0.25, -0.2) is 0 Å². The molecule has 2 N–H and O–H groups in total. The Morgan fingerprint density at radius 1 is 1.42 bits per heavy atom. The van der Waals surface area contributed by atoms with Gasteiger partial charge in [-0.15, -0.1) is 0 Å². The first-order valence-electron chi connectivity index (χ1n) is 6.02. The van der Waals surface area contributed by atoms with E-state index in [0.29, 0.717) is 22.9 Å². The van der Waals surface area contributed by atoms with E-state index in [9.17, 15) is 4.79 Å². The monoisotopic (exact) mass is 397 g/mol. The van der Waals surface area contributed by atoms with Gasteiger partial charge in [0.05, 0.1) is 17.7 Å². The van der Waals surface area contributed by atoms with Crippen molar-refractivity contribution in [3.63, 3.8) is 0 Å². The number of aliphatic hydroxyl groups is 1. The van der Waals surface area contributed by atoms with Crippen molar-refractivity contribution >= 4 is 40.1 Å². The number of benzene rings is 1. The molecule has 4 nitrogen and oxygen atoms in total. The lowest BCUT2D eigenvalue weighted by Gasteiger charge is -2.10. The molecule has 19 heavy (non-hydrogen) atoms. The number of carbonyl (C=O) groups is 1. The number of nitrogens with one attached hydrogen (secondary N) is 1. The van der Waals surface area contributed by atoms with Crippen LogP contribution < -0.4 is 10.1 Å². The fourth-order valence-corrected chi connectivity index (χ4v) is 2.19. The van der Waals surface area contributed by atoms with E-state index in [0.717, 1.165) is 22.8 Å². The maximum Gasteiger partial charge on any atom is 0.255 e. The van der Waals surface area contributed by atoms with E-state index >= 15 is 0 Å². The quantitative estimate of drug-likeness (QED) is 0.549. The third kappa shape index (κ3) is 5.16. The van der Waals surface area contributed by atoms with E-state index in [1.54, 1.807) is 12.1 Å². The molecule has 0 aliphatic heterocycles. The van der Waals surface area contributed by atoms with Gasteiger partial charge in [0.2, 0.25) is 0 Å². The molecule has 0 saturated carbocycles. The molecule has 0 atom stereocenters. The summed E-state index contributed by atoms with van der Waals surface area (Å²) in [6, 6.07) is 3.36. The highest BCUT2D eigenvalue weighted by Gasteiger charge is 2.14. The average Bonchev–Trinajstić information content (AvgIpc) is 2.40. The van der Waals surface area contributed by atoms with Gasteiger partial charge in [-0.2, -0.15) is 0 Å². The van der Waals surface area contributed by atoms with Gasteiger partial charge in [-0.05, 0) is 54.0 Å². The van der Waals surface area contributed by atoms with Crippen LogP contribution in [0.5, 0.6) is 5.75 Å². The van der Waals surface area contributed by atoms with Crippen LogP contribution in [0.4, 0.5) is 0 Å². The van der Waals surface area contributed by atoms with Gasteiger partial charge in [-0.1, -0.05) is 11.6 Å². The van der Waals surface area contributed by atoms with E-state index in [1.165, 1.54) is 7.11 Å². The van der Waals surface area contributed by atoms with E-state index in [1.807, 2.05) is 0 Å². The lowest BCUT2D eigenvalue weighted by molar-refractivity contribution is 0.0950. The summed E-state index contributed by atoms with van der Waals surface area (Å²) in [6.07, 6.45) is 2.49. The number of rotatable bonds is 7. The van der Waals surface area contributed by atoms with Crippen molar-refractivity contribution in [3.05, 3.63) is 26.3 Å². The van der Waals surface area contributed by atoms with Crippen LogP contribution in [0.3, 0.4) is 0 Å². The van der Waals surface area contributed by atoms with Crippen LogP contribution in [0.15, 0.2) is 12.1 Å². The fourth-order valence-electron chi connectivity index (χ4n) is 1.59. The lowest BCUT2D eigenvalue weighted by atomic mass is 10.2. The Morgan fingerprint density at radius 2 is 2.16 bits per heavy atom. The third-order valence-electron chi connectivity index (χ3n) is 2.61. The summed E-state index contributed by atoms with van der Waals surface area (Å²) in [4.78, 5) is 12.0. The SMILES string of the molecule is COc1cc(I)c(Cl)cc1C(=O)NCCCCCO. The van der Waals surface area contributed by atoms with Crippen molar-refractivity contribution < 1.29 is 14.6 Å². The highest BCUT2D eigenvalue weighted by atomic mass is 127. The molecule has 6 heteroatoms. The van der Waals surface area contributed by atoms with Crippen LogP contribution in [-0.4, -0.2) is 31.3 Å². The second-order valence-electron chi connectivity index (χ2n) is 4.01. The fraction of sp³-hybridized carbons (Fsp3) is 0.462. The molecule has 0 unspecified atom stereocenters. The number of amides is 1. The number of unbranched alkanes of at least 4 members (excludes halogenated alkanes) is 2. The van der Waals surface area contributed by atoms with Crippen LogP contribution in [0.2, 0.25) is 5.02 Å². The van der Waals surface area contributed by atoms with Gasteiger partial charge in [0.15, 0.2) is 0 Å². The number of carbonyl (C=O) groups excluding carboxylic acids is 1. The van der Waals surface area contributed by atoms with E-state index in [-0.39, 0.29) is 12.5 Å². The molecular formula is C13H17ClINO3. The Hall–Kier alpha value is -0.530. The van der Waals surface area contributed by atoms with Crippen LogP contribution in [0, 0.1) is 3.57 Å². The summed E-state index contributed by atoms with van der Waals surface area (Å²) in [5, 5.41) is 12.0. The summed E-state index contributed by atoms with van der Waals surface area (Å²) in [7, 11) is 1.53. The number of hydrogen-bond donors (Lipinski definition) is 2. The summed E-state index contributed by atoms with van der Waals surface area (Å²) in [5.74, 6) is 0.320. The maximum atomic E-state index is 12.0. The first kappa shape index (κ1) is 16.5. The minimum absolute atomic E-state index is 0.189. The third-order valence-corrected chi connectivity index (χ3v) is 4.13. The van der Waals surface area contributed by atoms with Gasteiger partial charge in [0.1, 0.15) is 5.75 Å². The van der Waals surface area contributed by atoms with Crippen LogP contribution in [0.1, 0.15) is 29.6 Å². The molecule has 0 spiro atoms. The Morgan fingerprint density at radius 3 is 2.79 bits per heavy atom. The minimum Gasteiger partial charge on any atom is -0.496 e. The summed E-state index contributed by atoms with van der Waals surface area (Å²) in [6.45, 7) is 0.764. The summed E-state index contributed by atoms with van der Waals surface area (Å²) >= 11 is 8.11. The van der Waals surface area contributed by atoms with Crippen molar-refractivity contribution in [2.24, 2.45) is 0 Å². The molecule has 1 amide bonds. The highest BCUT2D eigenvalue weighted by molar-refractivity contribution is 14.1. The first-order chi connectivity index (χ1) is 9.10. The number of methoxy groups -OCH3 is 1. The molecule has 0 fully saturated rings. The topological polar surface area (TPSA) is 58.6 Å². The van der Waals surface area contributed by atoms with Crippen LogP contribution in [0.25, 0.3) is 0 Å². The second kappa shape index (κ2) is 8.60. The van der Waals surface area contributed by atoms with Crippen molar-refractivity contribution in [3.8, 4) is 5.75 Å². The smallest absolute Gasteiger partial charge is 0.255 e. The zero-order valence-corrected chi connectivity index (χ0v) is 13.6. The van der Waals surface area contributed by atoms with Crippen molar-refractivity contribution in [2.75, 3.05) is 20.3 Å². The predicted octanol–water partition coefficient (Wildman–Crippen LogP) is 2.85. The van der Waals surface area contributed by atoms with E-state index in [4.69, 9.17) is 21.4 Å². The molecule has 1 rings (SSSR count). The molecule has 0 saturated heterocycles. The maximum absolute atomic E-state index is 12.0. The van der Waals surface area contributed by atoms with Gasteiger partial charge in [0.25, 0.3) is 5.91 Å². The highest BCUT2D eigenvalue weighted by Crippen LogP contribution is 2.28. The van der Waals surface area contributed by atoms with Crippen molar-refractivity contribution in [1.29, 1.82) is 0 Å². The minimum atomic E-state index is -0.195. The summed E-state index contributed by atoms with van der Waals surface area (Å²) < 4.78 is 6.03. The number of ether oxygens (including phenoxy) is 1.